The first-order valence-electron chi connectivity index (χ1n) is 6.58. The maximum atomic E-state index is 12.5. The van der Waals surface area contributed by atoms with E-state index in [2.05, 4.69) is 16.7 Å². The molecule has 1 fully saturated rings. The molecule has 1 saturated heterocycles. The van der Waals surface area contributed by atoms with E-state index in [1.165, 1.54) is 6.07 Å². The van der Waals surface area contributed by atoms with E-state index in [-0.39, 0.29) is 11.5 Å². The summed E-state index contributed by atoms with van der Waals surface area (Å²) in [5, 5.41) is 10.3. The normalized spacial score (nSPS) is 16.3. The lowest BCUT2D eigenvalue weighted by molar-refractivity contribution is 0.0272. The molecule has 21 heavy (non-hydrogen) atoms. The number of morpholine rings is 1. The molecule has 7 heteroatoms. The van der Waals surface area contributed by atoms with Gasteiger partial charge in [0.15, 0.2) is 0 Å². The summed E-state index contributed by atoms with van der Waals surface area (Å²) in [6.07, 6.45) is 0. The van der Waals surface area contributed by atoms with Gasteiger partial charge in [-0.25, -0.2) is 13.4 Å². The predicted molar refractivity (Wildman–Crippen MR) is 77.9 cm³/mol. The Labute approximate surface area is 124 Å². The number of aryl methyl sites for hydroxylation is 1. The van der Waals surface area contributed by atoms with Gasteiger partial charge in [-0.3, -0.25) is 0 Å². The third-order valence-corrected chi connectivity index (χ3v) is 4.57. The zero-order valence-electron chi connectivity index (χ0n) is 11.8. The van der Waals surface area contributed by atoms with Crippen LogP contribution in [0.15, 0.2) is 23.1 Å². The number of nitrogens with one attached hydrogen (secondary N) is 1. The third kappa shape index (κ3) is 4.27. The number of ether oxygens (including phenoxy) is 1. The molecule has 1 aliphatic heterocycles. The van der Waals surface area contributed by atoms with E-state index in [4.69, 9.17) is 9.84 Å². The lowest BCUT2D eigenvalue weighted by Gasteiger charge is -2.27. The van der Waals surface area contributed by atoms with Gasteiger partial charge in [-0.2, -0.15) is 0 Å². The van der Waals surface area contributed by atoms with Crippen molar-refractivity contribution in [3.05, 3.63) is 29.3 Å². The van der Waals surface area contributed by atoms with Crippen molar-refractivity contribution >= 4 is 10.0 Å². The molecule has 0 aliphatic carbocycles. The van der Waals surface area contributed by atoms with Crippen molar-refractivity contribution in [1.29, 1.82) is 0 Å². The second kappa shape index (κ2) is 7.02. The molecule has 1 aromatic carbocycles. The number of hydrazine groups is 1. The summed E-state index contributed by atoms with van der Waals surface area (Å²) in [6, 6.07) is 4.95. The summed E-state index contributed by atoms with van der Waals surface area (Å²) < 4.78 is 30.1. The first-order chi connectivity index (χ1) is 10.0. The number of hydrogen-bond acceptors (Lipinski definition) is 5. The second-order valence-corrected chi connectivity index (χ2v) is 6.26. The molecule has 0 bridgehead atoms. The van der Waals surface area contributed by atoms with Gasteiger partial charge in [0.2, 0.25) is 0 Å². The fourth-order valence-electron chi connectivity index (χ4n) is 1.98. The predicted octanol–water partition coefficient (Wildman–Crippen LogP) is -0.136. The smallest absolute Gasteiger partial charge is 0.253 e. The van der Waals surface area contributed by atoms with Gasteiger partial charge in [0.1, 0.15) is 6.61 Å². The number of benzene rings is 1. The Balaban J connectivity index is 2.25. The molecule has 2 N–H and O–H groups in total. The molecule has 114 valence electrons. The molecule has 0 aromatic heterocycles. The number of hydrogen-bond donors (Lipinski definition) is 2. The Bertz CT molecular complexity index is 655. The molecule has 0 unspecified atom stereocenters. The minimum absolute atomic E-state index is 0.193. The average molecular weight is 310 g/mol. The van der Waals surface area contributed by atoms with Crippen molar-refractivity contribution in [2.24, 2.45) is 0 Å². The Morgan fingerprint density at radius 3 is 2.76 bits per heavy atom. The van der Waals surface area contributed by atoms with Crippen molar-refractivity contribution in [3.63, 3.8) is 0 Å². The number of aliphatic hydroxyl groups is 1. The molecule has 0 amide bonds. The Kier molecular flexibility index (Phi) is 5.33. The van der Waals surface area contributed by atoms with Crippen molar-refractivity contribution in [1.82, 2.24) is 9.84 Å². The van der Waals surface area contributed by atoms with Crippen molar-refractivity contribution in [3.8, 4) is 11.8 Å². The average Bonchev–Trinajstić information content (AvgIpc) is 2.47. The molecular weight excluding hydrogens is 292 g/mol. The van der Waals surface area contributed by atoms with E-state index in [0.717, 1.165) is 0 Å². The first kappa shape index (κ1) is 15.9. The molecule has 6 nitrogen and oxygen atoms in total. The molecule has 0 spiro atoms. The third-order valence-electron chi connectivity index (χ3n) is 3.05. The number of rotatable bonds is 3. The van der Waals surface area contributed by atoms with E-state index < -0.39 is 10.0 Å². The first-order valence-corrected chi connectivity index (χ1v) is 8.07. The lowest BCUT2D eigenvalue weighted by atomic mass is 10.1. The van der Waals surface area contributed by atoms with E-state index >= 15 is 0 Å². The van der Waals surface area contributed by atoms with Gasteiger partial charge in [0.25, 0.3) is 10.0 Å². The molecule has 1 aliphatic rings. The zero-order valence-corrected chi connectivity index (χ0v) is 12.6. The van der Waals surface area contributed by atoms with Gasteiger partial charge >= 0.3 is 0 Å². The highest BCUT2D eigenvalue weighted by atomic mass is 32.2. The van der Waals surface area contributed by atoms with Gasteiger partial charge < -0.3 is 9.84 Å². The van der Waals surface area contributed by atoms with Crippen LogP contribution < -0.4 is 4.83 Å². The quantitative estimate of drug-likeness (QED) is 0.760. The molecule has 0 atom stereocenters. The largest absolute Gasteiger partial charge is 0.384 e. The molecule has 1 heterocycles. The number of nitrogens with zero attached hydrogens (tertiary/aromatic N) is 1. The van der Waals surface area contributed by atoms with Gasteiger partial charge in [-0.1, -0.05) is 17.9 Å². The minimum Gasteiger partial charge on any atom is -0.384 e. The van der Waals surface area contributed by atoms with Gasteiger partial charge in [0.05, 0.1) is 18.1 Å². The van der Waals surface area contributed by atoms with Gasteiger partial charge in [-0.15, -0.1) is 4.83 Å². The SMILES string of the molecule is Cc1ccc(C#CCO)cc1S(=O)(=O)NN1CCOCC1. The van der Waals surface area contributed by atoms with Crippen LogP contribution in [0.5, 0.6) is 0 Å². The Morgan fingerprint density at radius 2 is 2.10 bits per heavy atom. The van der Waals surface area contributed by atoms with E-state index in [1.807, 2.05) is 0 Å². The Hall–Kier alpha value is -1.43. The van der Waals surface area contributed by atoms with Crippen LogP contribution in [0.2, 0.25) is 0 Å². The van der Waals surface area contributed by atoms with Crippen LogP contribution in [-0.4, -0.2) is 51.4 Å². The van der Waals surface area contributed by atoms with E-state index in [0.29, 0.717) is 37.4 Å². The monoisotopic (exact) mass is 310 g/mol. The van der Waals surface area contributed by atoms with Crippen molar-refractivity contribution in [2.75, 3.05) is 32.9 Å². The Morgan fingerprint density at radius 1 is 1.38 bits per heavy atom. The molecular formula is C14H18N2O4S. The molecule has 2 rings (SSSR count). The van der Waals surface area contributed by atoms with Crippen molar-refractivity contribution < 1.29 is 18.3 Å². The van der Waals surface area contributed by atoms with Crippen LogP contribution in [0.4, 0.5) is 0 Å². The summed E-state index contributed by atoms with van der Waals surface area (Å²) in [5.41, 5.74) is 1.20. The molecule has 1 aromatic rings. The van der Waals surface area contributed by atoms with Gasteiger partial charge in [0, 0.05) is 18.7 Å². The fraction of sp³-hybridized carbons (Fsp3) is 0.429. The van der Waals surface area contributed by atoms with E-state index in [9.17, 15) is 8.42 Å². The lowest BCUT2D eigenvalue weighted by Crippen LogP contribution is -2.48. The summed E-state index contributed by atoms with van der Waals surface area (Å²) in [7, 11) is -3.65. The summed E-state index contributed by atoms with van der Waals surface area (Å²) >= 11 is 0. The summed E-state index contributed by atoms with van der Waals surface area (Å²) in [4.78, 5) is 2.76. The summed E-state index contributed by atoms with van der Waals surface area (Å²) in [5.74, 6) is 5.22. The van der Waals surface area contributed by atoms with Crippen LogP contribution in [0.1, 0.15) is 11.1 Å². The van der Waals surface area contributed by atoms with Crippen molar-refractivity contribution in [2.45, 2.75) is 11.8 Å². The van der Waals surface area contributed by atoms with Crippen LogP contribution in [0.3, 0.4) is 0 Å². The minimum atomic E-state index is -3.65. The maximum absolute atomic E-state index is 12.5. The highest BCUT2D eigenvalue weighted by Gasteiger charge is 2.22. The standard InChI is InChI=1S/C14H18N2O4S/c1-12-4-5-13(3-2-8-17)11-14(12)21(18,19)15-16-6-9-20-10-7-16/h4-5,11,15,17H,6-10H2,1H3. The van der Waals surface area contributed by atoms with Crippen LogP contribution in [0.25, 0.3) is 0 Å². The zero-order chi connectivity index (χ0) is 15.3. The topological polar surface area (TPSA) is 78.9 Å². The van der Waals surface area contributed by atoms with Crippen LogP contribution in [-0.2, 0) is 14.8 Å². The highest BCUT2D eigenvalue weighted by Crippen LogP contribution is 2.17. The number of sulfonamides is 1. The maximum Gasteiger partial charge on any atom is 0.253 e. The molecule has 0 saturated carbocycles. The molecule has 0 radical (unpaired) electrons. The highest BCUT2D eigenvalue weighted by molar-refractivity contribution is 7.89. The van der Waals surface area contributed by atoms with Crippen LogP contribution >= 0.6 is 0 Å². The fourth-order valence-corrected chi connectivity index (χ4v) is 3.38. The second-order valence-electron chi connectivity index (χ2n) is 4.63. The van der Waals surface area contributed by atoms with Crippen LogP contribution in [0, 0.1) is 18.8 Å². The van der Waals surface area contributed by atoms with Gasteiger partial charge in [-0.05, 0) is 24.6 Å². The van der Waals surface area contributed by atoms with E-state index in [1.54, 1.807) is 24.1 Å². The number of aliphatic hydroxyl groups excluding tert-OH is 1. The summed E-state index contributed by atoms with van der Waals surface area (Å²) in [6.45, 7) is 3.51.